The van der Waals surface area contributed by atoms with Crippen LogP contribution < -0.4 is 10.6 Å². The molecule has 1 heterocycles. The molecule has 0 saturated carbocycles. The monoisotopic (exact) mass is 355 g/mol. The van der Waals surface area contributed by atoms with Gasteiger partial charge in [-0.1, -0.05) is 26.0 Å². The molecule has 25 heavy (non-hydrogen) atoms. The highest BCUT2D eigenvalue weighted by atomic mass is 32.1. The number of aromatic nitrogens is 1. The fourth-order valence-electron chi connectivity index (χ4n) is 2.20. The number of hydrogen-bond acceptors (Lipinski definition) is 5. The van der Waals surface area contributed by atoms with Crippen molar-refractivity contribution in [1.82, 2.24) is 10.3 Å². The highest BCUT2D eigenvalue weighted by molar-refractivity contribution is 7.80. The van der Waals surface area contributed by atoms with Crippen molar-refractivity contribution >= 4 is 40.0 Å². The van der Waals surface area contributed by atoms with Crippen LogP contribution in [0, 0.1) is 5.92 Å². The number of phenols is 1. The lowest BCUT2D eigenvalue weighted by atomic mass is 10.2. The van der Waals surface area contributed by atoms with Crippen molar-refractivity contribution in [2.24, 2.45) is 5.92 Å². The second-order valence-electron chi connectivity index (χ2n) is 5.82. The van der Waals surface area contributed by atoms with Crippen LogP contribution in [0.1, 0.15) is 13.8 Å². The van der Waals surface area contributed by atoms with Gasteiger partial charge in [-0.25, -0.2) is 4.98 Å². The molecule has 0 aliphatic heterocycles. The maximum atomic E-state index is 11.6. The van der Waals surface area contributed by atoms with Gasteiger partial charge in [0, 0.05) is 17.7 Å². The van der Waals surface area contributed by atoms with E-state index in [1.54, 1.807) is 26.0 Å². The van der Waals surface area contributed by atoms with Gasteiger partial charge in [0.2, 0.25) is 11.8 Å². The molecule has 0 saturated heterocycles. The first-order valence-corrected chi connectivity index (χ1v) is 8.15. The number of nitrogens with zero attached hydrogens (tertiary/aromatic N) is 1. The number of para-hydroxylation sites is 2. The zero-order chi connectivity index (χ0) is 18.0. The second-order valence-corrected chi connectivity index (χ2v) is 6.22. The molecule has 128 valence electrons. The number of rotatable bonds is 3. The maximum absolute atomic E-state index is 11.6. The fraction of sp³-hybridized carbons (Fsp3) is 0.167. The van der Waals surface area contributed by atoms with Crippen LogP contribution in [0.5, 0.6) is 5.75 Å². The molecule has 2 aromatic carbocycles. The molecule has 0 unspecified atom stereocenters. The number of carbonyl (C=O) groups is 1. The van der Waals surface area contributed by atoms with E-state index in [0.717, 1.165) is 5.52 Å². The predicted octanol–water partition coefficient (Wildman–Crippen LogP) is 3.67. The fourth-order valence-corrected chi connectivity index (χ4v) is 2.41. The summed E-state index contributed by atoms with van der Waals surface area (Å²) in [5.41, 5.74) is 2.39. The topological polar surface area (TPSA) is 87.4 Å². The molecule has 3 aromatic rings. The van der Waals surface area contributed by atoms with E-state index >= 15 is 0 Å². The zero-order valence-electron chi connectivity index (χ0n) is 13.7. The minimum absolute atomic E-state index is 0.00505. The SMILES string of the molecule is CC(C)C(=O)NC(=S)Nc1ccc(-c2nc3ccccc3o2)c(O)c1. The summed E-state index contributed by atoms with van der Waals surface area (Å²) in [6.45, 7) is 3.55. The first-order valence-electron chi connectivity index (χ1n) is 7.75. The largest absolute Gasteiger partial charge is 0.507 e. The Morgan fingerprint density at radius 2 is 2.00 bits per heavy atom. The molecule has 3 rings (SSSR count). The highest BCUT2D eigenvalue weighted by Crippen LogP contribution is 2.32. The van der Waals surface area contributed by atoms with E-state index in [4.69, 9.17) is 16.6 Å². The van der Waals surface area contributed by atoms with Gasteiger partial charge in [0.05, 0.1) is 5.56 Å². The molecule has 0 spiro atoms. The molecule has 0 aliphatic carbocycles. The van der Waals surface area contributed by atoms with Gasteiger partial charge in [0.1, 0.15) is 11.3 Å². The van der Waals surface area contributed by atoms with Crippen molar-refractivity contribution in [2.45, 2.75) is 13.8 Å². The van der Waals surface area contributed by atoms with Gasteiger partial charge < -0.3 is 20.2 Å². The van der Waals surface area contributed by atoms with E-state index in [1.807, 2.05) is 24.3 Å². The Morgan fingerprint density at radius 3 is 2.68 bits per heavy atom. The van der Waals surface area contributed by atoms with Crippen molar-refractivity contribution in [3.05, 3.63) is 42.5 Å². The number of phenolic OH excluding ortho intramolecular Hbond substituents is 1. The van der Waals surface area contributed by atoms with Gasteiger partial charge in [-0.05, 0) is 36.5 Å². The second kappa shape index (κ2) is 6.90. The number of benzene rings is 2. The van der Waals surface area contributed by atoms with Crippen LogP contribution in [0.25, 0.3) is 22.6 Å². The number of fused-ring (bicyclic) bond motifs is 1. The van der Waals surface area contributed by atoms with Gasteiger partial charge >= 0.3 is 0 Å². The quantitative estimate of drug-likeness (QED) is 0.622. The number of aromatic hydroxyl groups is 1. The molecular formula is C18H17N3O3S. The summed E-state index contributed by atoms with van der Waals surface area (Å²) in [4.78, 5) is 16.0. The van der Waals surface area contributed by atoms with Crippen molar-refractivity contribution < 1.29 is 14.3 Å². The van der Waals surface area contributed by atoms with Gasteiger partial charge in [0.25, 0.3) is 0 Å². The van der Waals surface area contributed by atoms with Crippen molar-refractivity contribution in [3.63, 3.8) is 0 Å². The molecule has 0 atom stereocenters. The summed E-state index contributed by atoms with van der Waals surface area (Å²) in [6.07, 6.45) is 0. The first kappa shape index (κ1) is 16.9. The van der Waals surface area contributed by atoms with Gasteiger partial charge in [0.15, 0.2) is 10.7 Å². The van der Waals surface area contributed by atoms with E-state index < -0.39 is 0 Å². The molecule has 0 fully saturated rings. The van der Waals surface area contributed by atoms with Crippen LogP contribution >= 0.6 is 12.2 Å². The van der Waals surface area contributed by atoms with E-state index in [1.165, 1.54) is 6.07 Å². The molecule has 0 bridgehead atoms. The normalized spacial score (nSPS) is 10.8. The zero-order valence-corrected chi connectivity index (χ0v) is 14.6. The first-order chi connectivity index (χ1) is 11.9. The highest BCUT2D eigenvalue weighted by Gasteiger charge is 2.14. The Morgan fingerprint density at radius 1 is 1.24 bits per heavy atom. The third kappa shape index (κ3) is 3.77. The van der Waals surface area contributed by atoms with Crippen LogP contribution in [-0.4, -0.2) is 21.1 Å². The summed E-state index contributed by atoms with van der Waals surface area (Å²) >= 11 is 5.09. The lowest BCUT2D eigenvalue weighted by molar-refractivity contribution is -0.122. The summed E-state index contributed by atoms with van der Waals surface area (Å²) < 4.78 is 5.66. The molecule has 7 heteroatoms. The summed E-state index contributed by atoms with van der Waals surface area (Å²) in [7, 11) is 0. The van der Waals surface area contributed by atoms with E-state index in [2.05, 4.69) is 15.6 Å². The minimum atomic E-state index is -0.176. The Bertz CT molecular complexity index is 917. The van der Waals surface area contributed by atoms with E-state index in [-0.39, 0.29) is 22.7 Å². The average Bonchev–Trinajstić information content (AvgIpc) is 2.98. The molecule has 6 nitrogen and oxygen atoms in total. The summed E-state index contributed by atoms with van der Waals surface area (Å²) in [5.74, 6) is -0.0185. The van der Waals surface area contributed by atoms with Crippen LogP contribution in [0.15, 0.2) is 46.9 Å². The van der Waals surface area contributed by atoms with Crippen LogP contribution in [0.4, 0.5) is 5.69 Å². The summed E-state index contributed by atoms with van der Waals surface area (Å²) in [5, 5.41) is 15.9. The van der Waals surface area contributed by atoms with Crippen LogP contribution in [0.2, 0.25) is 0 Å². The molecule has 0 aliphatic rings. The van der Waals surface area contributed by atoms with Crippen molar-refractivity contribution in [2.75, 3.05) is 5.32 Å². The Kier molecular flexibility index (Phi) is 4.67. The lowest BCUT2D eigenvalue weighted by Gasteiger charge is -2.12. The third-order valence-electron chi connectivity index (χ3n) is 3.54. The summed E-state index contributed by atoms with van der Waals surface area (Å²) in [6, 6.07) is 12.3. The number of thiocarbonyl (C=S) groups is 1. The smallest absolute Gasteiger partial charge is 0.231 e. The van der Waals surface area contributed by atoms with Gasteiger partial charge in [-0.2, -0.15) is 0 Å². The maximum Gasteiger partial charge on any atom is 0.231 e. The number of hydrogen-bond donors (Lipinski definition) is 3. The van der Waals surface area contributed by atoms with Gasteiger partial charge in [-0.15, -0.1) is 0 Å². The number of anilines is 1. The third-order valence-corrected chi connectivity index (χ3v) is 3.75. The van der Waals surface area contributed by atoms with E-state index in [0.29, 0.717) is 22.7 Å². The number of carbonyl (C=O) groups excluding carboxylic acids is 1. The molecule has 1 aromatic heterocycles. The molecule has 3 N–H and O–H groups in total. The van der Waals surface area contributed by atoms with Crippen molar-refractivity contribution in [1.29, 1.82) is 0 Å². The minimum Gasteiger partial charge on any atom is -0.507 e. The Balaban J connectivity index is 1.79. The lowest BCUT2D eigenvalue weighted by Crippen LogP contribution is -2.36. The van der Waals surface area contributed by atoms with Crippen molar-refractivity contribution in [3.8, 4) is 17.2 Å². The van der Waals surface area contributed by atoms with Crippen LogP contribution in [0.3, 0.4) is 0 Å². The van der Waals surface area contributed by atoms with Gasteiger partial charge in [-0.3, -0.25) is 4.79 Å². The molecule has 1 amide bonds. The number of nitrogens with one attached hydrogen (secondary N) is 2. The van der Waals surface area contributed by atoms with E-state index in [9.17, 15) is 9.90 Å². The average molecular weight is 355 g/mol. The number of oxazole rings is 1. The molecule has 0 radical (unpaired) electrons. The standard InChI is InChI=1S/C18H17N3O3S/c1-10(2)16(23)21-18(25)19-11-7-8-12(14(22)9-11)17-20-13-5-3-4-6-15(13)24-17/h3-10,22H,1-2H3,(H2,19,21,23,25). The molecular weight excluding hydrogens is 338 g/mol. The Labute approximate surface area is 149 Å². The predicted molar refractivity (Wildman–Crippen MR) is 100 cm³/mol. The number of amides is 1. The Hall–Kier alpha value is -2.93. The van der Waals surface area contributed by atoms with Crippen LogP contribution in [-0.2, 0) is 4.79 Å².